The number of amides is 1. The van der Waals surface area contributed by atoms with Gasteiger partial charge in [-0.25, -0.2) is 4.98 Å². The van der Waals surface area contributed by atoms with Crippen molar-refractivity contribution in [3.8, 4) is 0 Å². The van der Waals surface area contributed by atoms with Gasteiger partial charge in [-0.15, -0.1) is 0 Å². The van der Waals surface area contributed by atoms with Crippen LogP contribution in [0, 0.1) is 0 Å². The topological polar surface area (TPSA) is 58.4 Å². The molecule has 1 aliphatic rings. The summed E-state index contributed by atoms with van der Waals surface area (Å²) in [5.74, 6) is -0.208. The van der Waals surface area contributed by atoms with E-state index in [1.54, 1.807) is 4.90 Å². The molecule has 0 atom stereocenters. The summed E-state index contributed by atoms with van der Waals surface area (Å²) in [6, 6.07) is 3.56. The molecule has 0 aromatic carbocycles. The fourth-order valence-electron chi connectivity index (χ4n) is 2.99. The third kappa shape index (κ3) is 4.92. The number of hydrogen-bond acceptors (Lipinski definition) is 4. The number of nitrogens with zero attached hydrogens (tertiary/aromatic N) is 4. The highest BCUT2D eigenvalue weighted by atomic mass is 19.4. The Morgan fingerprint density at radius 3 is 2.03 bits per heavy atom. The van der Waals surface area contributed by atoms with Gasteiger partial charge in [0, 0.05) is 44.6 Å². The predicted molar refractivity (Wildman–Crippen MR) is 93.7 cm³/mol. The molecule has 1 amide bonds. The van der Waals surface area contributed by atoms with Crippen LogP contribution >= 0.6 is 0 Å². The largest absolute Gasteiger partial charge is 0.417 e. The molecule has 0 spiro atoms. The Labute approximate surface area is 166 Å². The van der Waals surface area contributed by atoms with E-state index in [0.717, 1.165) is 18.3 Å². The molecule has 0 N–H and O–H groups in total. The lowest BCUT2D eigenvalue weighted by molar-refractivity contribution is -0.139. The van der Waals surface area contributed by atoms with Gasteiger partial charge in [-0.1, -0.05) is 0 Å². The van der Waals surface area contributed by atoms with Crippen molar-refractivity contribution < 1.29 is 31.1 Å². The van der Waals surface area contributed by atoms with Crippen LogP contribution in [0.5, 0.6) is 0 Å². The monoisotopic (exact) mass is 434 g/mol. The Hall–Kier alpha value is -3.05. The normalized spacial score (nSPS) is 15.4. The summed E-state index contributed by atoms with van der Waals surface area (Å²) in [7, 11) is 0. The Morgan fingerprint density at radius 1 is 0.900 bits per heavy atom. The zero-order chi connectivity index (χ0) is 22.1. The van der Waals surface area contributed by atoms with E-state index in [1.165, 1.54) is 11.0 Å². The summed E-state index contributed by atoms with van der Waals surface area (Å²) in [5.41, 5.74) is -2.64. The summed E-state index contributed by atoms with van der Waals surface area (Å²) in [5, 5.41) is 0. The average Bonchev–Trinajstić information content (AvgIpc) is 2.68. The van der Waals surface area contributed by atoms with Gasteiger partial charge in [-0.2, -0.15) is 26.3 Å². The third-order valence-corrected chi connectivity index (χ3v) is 4.65. The molecular weight excluding hydrogens is 418 g/mol. The second-order valence-electron chi connectivity index (χ2n) is 6.65. The van der Waals surface area contributed by atoms with Crippen molar-refractivity contribution in [1.82, 2.24) is 14.5 Å². The molecule has 0 radical (unpaired) electrons. The molecule has 1 aliphatic heterocycles. The standard InChI is InChI=1S/C18H16F6N4O2/c19-17(20,21)12-1-3-14(25-9-12)26-5-7-27(8-6-26)16(30)11-28-10-13(18(22,23)24)2-4-15(28)29/h1-4,9-10H,5-8,11H2. The van der Waals surface area contributed by atoms with Crippen LogP contribution in [0.3, 0.4) is 0 Å². The zero-order valence-electron chi connectivity index (χ0n) is 15.4. The van der Waals surface area contributed by atoms with Crippen molar-refractivity contribution in [2.75, 3.05) is 31.1 Å². The lowest BCUT2D eigenvalue weighted by Crippen LogP contribution is -2.50. The van der Waals surface area contributed by atoms with Crippen LogP contribution in [0.25, 0.3) is 0 Å². The second-order valence-corrected chi connectivity index (χ2v) is 6.65. The smallest absolute Gasteiger partial charge is 0.353 e. The summed E-state index contributed by atoms with van der Waals surface area (Å²) < 4.78 is 77.0. The lowest BCUT2D eigenvalue weighted by Gasteiger charge is -2.35. The van der Waals surface area contributed by atoms with E-state index in [1.807, 2.05) is 0 Å². The van der Waals surface area contributed by atoms with Gasteiger partial charge in [0.05, 0.1) is 11.1 Å². The minimum absolute atomic E-state index is 0.190. The number of pyridine rings is 2. The molecule has 1 fully saturated rings. The minimum atomic E-state index is -4.64. The molecule has 12 heteroatoms. The molecule has 0 unspecified atom stereocenters. The minimum Gasteiger partial charge on any atom is -0.353 e. The second kappa shape index (κ2) is 8.00. The molecule has 3 heterocycles. The maximum atomic E-state index is 12.8. The number of carbonyl (C=O) groups is 1. The van der Waals surface area contributed by atoms with Gasteiger partial charge < -0.3 is 14.4 Å². The summed E-state index contributed by atoms with van der Waals surface area (Å²) >= 11 is 0. The van der Waals surface area contributed by atoms with Gasteiger partial charge in [0.25, 0.3) is 5.56 Å². The van der Waals surface area contributed by atoms with Crippen molar-refractivity contribution in [2.24, 2.45) is 0 Å². The quantitative estimate of drug-likeness (QED) is 0.698. The van der Waals surface area contributed by atoms with Gasteiger partial charge in [0.2, 0.25) is 5.91 Å². The van der Waals surface area contributed by atoms with Gasteiger partial charge in [0.15, 0.2) is 0 Å². The summed E-state index contributed by atoms with van der Waals surface area (Å²) in [6.07, 6.45) is -7.80. The Bertz CT molecular complexity index is 960. The lowest BCUT2D eigenvalue weighted by atomic mass is 10.2. The molecule has 162 valence electrons. The Morgan fingerprint density at radius 2 is 1.50 bits per heavy atom. The molecule has 1 saturated heterocycles. The number of halogens is 6. The van der Waals surface area contributed by atoms with E-state index in [4.69, 9.17) is 0 Å². The zero-order valence-corrected chi connectivity index (χ0v) is 15.4. The first-order valence-corrected chi connectivity index (χ1v) is 8.79. The molecule has 3 rings (SSSR count). The van der Waals surface area contributed by atoms with Crippen molar-refractivity contribution >= 4 is 11.7 Å². The average molecular weight is 434 g/mol. The van der Waals surface area contributed by atoms with E-state index >= 15 is 0 Å². The molecule has 0 saturated carbocycles. The molecule has 0 bridgehead atoms. The number of rotatable bonds is 3. The van der Waals surface area contributed by atoms with Crippen LogP contribution in [0.4, 0.5) is 32.2 Å². The van der Waals surface area contributed by atoms with E-state index in [9.17, 15) is 35.9 Å². The summed E-state index contributed by atoms with van der Waals surface area (Å²) in [6.45, 7) is 0.398. The molecule has 2 aromatic heterocycles. The van der Waals surface area contributed by atoms with E-state index in [-0.39, 0.29) is 26.2 Å². The van der Waals surface area contributed by atoms with E-state index in [2.05, 4.69) is 4.98 Å². The van der Waals surface area contributed by atoms with Crippen LogP contribution in [-0.2, 0) is 23.7 Å². The number of piperazine rings is 1. The van der Waals surface area contributed by atoms with Crippen LogP contribution < -0.4 is 10.5 Å². The first kappa shape index (κ1) is 21.7. The predicted octanol–water partition coefficient (Wildman–Crippen LogP) is 2.63. The van der Waals surface area contributed by atoms with Gasteiger partial charge in [-0.05, 0) is 18.2 Å². The molecule has 0 aliphatic carbocycles. The maximum absolute atomic E-state index is 12.8. The van der Waals surface area contributed by atoms with Crippen molar-refractivity contribution in [2.45, 2.75) is 18.9 Å². The van der Waals surface area contributed by atoms with Gasteiger partial charge >= 0.3 is 12.4 Å². The molecule has 2 aromatic rings. The van der Waals surface area contributed by atoms with Gasteiger partial charge in [0.1, 0.15) is 12.4 Å². The third-order valence-electron chi connectivity index (χ3n) is 4.65. The SMILES string of the molecule is O=C(Cn1cc(C(F)(F)F)ccc1=O)N1CCN(c2ccc(C(F)(F)F)cn2)CC1. The fraction of sp³-hybridized carbons (Fsp3) is 0.389. The van der Waals surface area contributed by atoms with Crippen LogP contribution in [0.15, 0.2) is 41.5 Å². The van der Waals surface area contributed by atoms with Crippen molar-refractivity contribution in [3.63, 3.8) is 0 Å². The number of alkyl halides is 6. The summed E-state index contributed by atoms with van der Waals surface area (Å²) in [4.78, 5) is 31.1. The number of carbonyl (C=O) groups excluding carboxylic acids is 1. The van der Waals surface area contributed by atoms with Crippen LogP contribution in [-0.4, -0.2) is 46.5 Å². The molecule has 6 nitrogen and oxygen atoms in total. The Kier molecular flexibility index (Phi) is 5.77. The van der Waals surface area contributed by atoms with E-state index in [0.29, 0.717) is 22.6 Å². The van der Waals surface area contributed by atoms with Crippen LogP contribution in [0.1, 0.15) is 11.1 Å². The fourth-order valence-corrected chi connectivity index (χ4v) is 2.99. The van der Waals surface area contributed by atoms with Gasteiger partial charge in [-0.3, -0.25) is 9.59 Å². The molecule has 30 heavy (non-hydrogen) atoms. The highest BCUT2D eigenvalue weighted by molar-refractivity contribution is 5.76. The van der Waals surface area contributed by atoms with Crippen molar-refractivity contribution in [3.05, 3.63) is 58.1 Å². The highest BCUT2D eigenvalue weighted by Crippen LogP contribution is 2.30. The van der Waals surface area contributed by atoms with E-state index < -0.39 is 41.5 Å². The highest BCUT2D eigenvalue weighted by Gasteiger charge is 2.32. The number of hydrogen-bond donors (Lipinski definition) is 0. The number of aromatic nitrogens is 2. The maximum Gasteiger partial charge on any atom is 0.417 e. The molecular formula is C18H16F6N4O2. The first-order valence-electron chi connectivity index (χ1n) is 8.79. The number of anilines is 1. The Balaban J connectivity index is 1.61. The first-order chi connectivity index (χ1) is 13.9. The van der Waals surface area contributed by atoms with Crippen LogP contribution in [0.2, 0.25) is 0 Å². The van der Waals surface area contributed by atoms with Crippen molar-refractivity contribution in [1.29, 1.82) is 0 Å².